The Bertz CT molecular complexity index is 631. The Labute approximate surface area is 161 Å². The van der Waals surface area contributed by atoms with E-state index < -0.39 is 0 Å². The summed E-state index contributed by atoms with van der Waals surface area (Å²) in [6.07, 6.45) is 2.50. The van der Waals surface area contributed by atoms with Gasteiger partial charge in [-0.05, 0) is 62.2 Å². The number of hydrogen-bond donors (Lipinski definition) is 2. The molecule has 5 heteroatoms. The maximum atomic E-state index is 6.17. The molecule has 0 radical (unpaired) electrons. The summed E-state index contributed by atoms with van der Waals surface area (Å²) >= 11 is 6.17. The molecule has 0 aliphatic carbocycles. The Hall–Kier alpha value is -1.26. The van der Waals surface area contributed by atoms with E-state index in [4.69, 9.17) is 16.3 Å². The Kier molecular flexibility index (Phi) is 8.56. The average molecular weight is 381 g/mol. The van der Waals surface area contributed by atoms with Gasteiger partial charge in [0.1, 0.15) is 12.4 Å². The van der Waals surface area contributed by atoms with Gasteiger partial charge in [-0.2, -0.15) is 0 Å². The number of ether oxygens (including phenoxy) is 1. The Morgan fingerprint density at radius 1 is 1.08 bits per heavy atom. The van der Waals surface area contributed by atoms with Crippen LogP contribution in [0.25, 0.3) is 0 Å². The van der Waals surface area contributed by atoms with Gasteiger partial charge in [-0.15, -0.1) is 12.4 Å². The van der Waals surface area contributed by atoms with Crippen molar-refractivity contribution in [1.82, 2.24) is 10.6 Å². The van der Waals surface area contributed by atoms with Crippen LogP contribution in [-0.4, -0.2) is 19.6 Å². The van der Waals surface area contributed by atoms with Crippen molar-refractivity contribution in [2.24, 2.45) is 5.92 Å². The second-order valence-electron chi connectivity index (χ2n) is 6.35. The van der Waals surface area contributed by atoms with Gasteiger partial charge in [0.2, 0.25) is 0 Å². The van der Waals surface area contributed by atoms with Crippen molar-refractivity contribution in [3.05, 3.63) is 64.7 Å². The predicted molar refractivity (Wildman–Crippen MR) is 107 cm³/mol. The SMILES string of the molecule is Cl.Clc1ccc(OCc2ccccc2)c(CNCC2CCNCC2)c1. The quantitative estimate of drug-likeness (QED) is 0.745. The molecular formula is C20H26Cl2N2O. The fourth-order valence-electron chi connectivity index (χ4n) is 3.06. The molecule has 1 fully saturated rings. The molecule has 1 heterocycles. The molecule has 0 bridgehead atoms. The van der Waals surface area contributed by atoms with Crippen LogP contribution in [0.3, 0.4) is 0 Å². The molecule has 3 nitrogen and oxygen atoms in total. The summed E-state index contributed by atoms with van der Waals surface area (Å²) in [7, 11) is 0. The molecule has 3 rings (SSSR count). The molecule has 2 N–H and O–H groups in total. The lowest BCUT2D eigenvalue weighted by molar-refractivity contribution is 0.301. The molecule has 0 aromatic heterocycles. The van der Waals surface area contributed by atoms with Gasteiger partial charge in [-0.3, -0.25) is 0 Å². The fraction of sp³-hybridized carbons (Fsp3) is 0.400. The highest BCUT2D eigenvalue weighted by molar-refractivity contribution is 6.30. The zero-order valence-corrected chi connectivity index (χ0v) is 15.9. The number of benzene rings is 2. The lowest BCUT2D eigenvalue weighted by atomic mass is 9.98. The number of halogens is 2. The highest BCUT2D eigenvalue weighted by atomic mass is 35.5. The van der Waals surface area contributed by atoms with Crippen molar-refractivity contribution in [2.75, 3.05) is 19.6 Å². The van der Waals surface area contributed by atoms with Crippen LogP contribution in [0.4, 0.5) is 0 Å². The van der Waals surface area contributed by atoms with Gasteiger partial charge in [0.25, 0.3) is 0 Å². The fourth-order valence-corrected chi connectivity index (χ4v) is 3.25. The zero-order valence-electron chi connectivity index (χ0n) is 14.3. The highest BCUT2D eigenvalue weighted by Crippen LogP contribution is 2.24. The lowest BCUT2D eigenvalue weighted by Crippen LogP contribution is -2.33. The van der Waals surface area contributed by atoms with Crippen LogP contribution in [0.2, 0.25) is 5.02 Å². The van der Waals surface area contributed by atoms with Crippen molar-refractivity contribution in [1.29, 1.82) is 0 Å². The molecule has 25 heavy (non-hydrogen) atoms. The zero-order chi connectivity index (χ0) is 16.6. The van der Waals surface area contributed by atoms with Crippen LogP contribution in [0.1, 0.15) is 24.0 Å². The summed E-state index contributed by atoms with van der Waals surface area (Å²) in [5.74, 6) is 1.67. The van der Waals surface area contributed by atoms with Crippen molar-refractivity contribution < 1.29 is 4.74 Å². The van der Waals surface area contributed by atoms with E-state index in [0.29, 0.717) is 6.61 Å². The highest BCUT2D eigenvalue weighted by Gasteiger charge is 2.13. The van der Waals surface area contributed by atoms with E-state index in [9.17, 15) is 0 Å². The molecule has 1 aliphatic heterocycles. The van der Waals surface area contributed by atoms with Gasteiger partial charge >= 0.3 is 0 Å². The van der Waals surface area contributed by atoms with Crippen LogP contribution in [-0.2, 0) is 13.2 Å². The minimum absolute atomic E-state index is 0. The molecule has 0 atom stereocenters. The van der Waals surface area contributed by atoms with Crippen molar-refractivity contribution in [3.63, 3.8) is 0 Å². The molecule has 0 saturated carbocycles. The van der Waals surface area contributed by atoms with Crippen molar-refractivity contribution in [3.8, 4) is 5.75 Å². The molecule has 136 valence electrons. The molecule has 2 aromatic carbocycles. The third-order valence-corrected chi connectivity index (χ3v) is 4.70. The first-order chi connectivity index (χ1) is 11.8. The summed E-state index contributed by atoms with van der Waals surface area (Å²) < 4.78 is 6.01. The van der Waals surface area contributed by atoms with E-state index in [1.54, 1.807) is 0 Å². The topological polar surface area (TPSA) is 33.3 Å². The van der Waals surface area contributed by atoms with Gasteiger partial charge in [0, 0.05) is 17.1 Å². The van der Waals surface area contributed by atoms with Crippen LogP contribution in [0, 0.1) is 5.92 Å². The molecule has 0 unspecified atom stereocenters. The lowest BCUT2D eigenvalue weighted by Gasteiger charge is -2.23. The predicted octanol–water partition coefficient (Wildman–Crippen LogP) is 4.43. The monoisotopic (exact) mass is 380 g/mol. The van der Waals surface area contributed by atoms with E-state index in [1.807, 2.05) is 36.4 Å². The van der Waals surface area contributed by atoms with Crippen LogP contribution in [0.15, 0.2) is 48.5 Å². The minimum atomic E-state index is 0. The third kappa shape index (κ3) is 6.52. The normalized spacial score (nSPS) is 14.8. The van der Waals surface area contributed by atoms with Gasteiger partial charge in [0.15, 0.2) is 0 Å². The molecule has 0 spiro atoms. The Morgan fingerprint density at radius 3 is 2.60 bits per heavy atom. The summed E-state index contributed by atoms with van der Waals surface area (Å²) in [5.41, 5.74) is 2.29. The van der Waals surface area contributed by atoms with E-state index in [1.165, 1.54) is 18.4 Å². The molecule has 2 aromatic rings. The largest absolute Gasteiger partial charge is 0.489 e. The van der Waals surface area contributed by atoms with Crippen molar-refractivity contribution >= 4 is 24.0 Å². The van der Waals surface area contributed by atoms with Crippen LogP contribution >= 0.6 is 24.0 Å². The van der Waals surface area contributed by atoms with E-state index >= 15 is 0 Å². The number of hydrogen-bond acceptors (Lipinski definition) is 3. The Balaban J connectivity index is 0.00000225. The molecule has 1 aliphatic rings. The van der Waals surface area contributed by atoms with Crippen LogP contribution in [0.5, 0.6) is 5.75 Å². The van der Waals surface area contributed by atoms with Gasteiger partial charge in [-0.1, -0.05) is 41.9 Å². The van der Waals surface area contributed by atoms with Crippen molar-refractivity contribution in [2.45, 2.75) is 26.0 Å². The number of rotatable bonds is 7. The van der Waals surface area contributed by atoms with Gasteiger partial charge < -0.3 is 15.4 Å². The first kappa shape index (κ1) is 20.1. The Morgan fingerprint density at radius 2 is 1.84 bits per heavy atom. The van der Waals surface area contributed by atoms with E-state index in [2.05, 4.69) is 22.8 Å². The summed E-state index contributed by atoms with van der Waals surface area (Å²) in [6, 6.07) is 16.1. The summed E-state index contributed by atoms with van der Waals surface area (Å²) in [5, 5.41) is 7.73. The first-order valence-electron chi connectivity index (χ1n) is 8.68. The smallest absolute Gasteiger partial charge is 0.124 e. The maximum Gasteiger partial charge on any atom is 0.124 e. The second-order valence-corrected chi connectivity index (χ2v) is 6.79. The van der Waals surface area contributed by atoms with Gasteiger partial charge in [0.05, 0.1) is 0 Å². The van der Waals surface area contributed by atoms with Gasteiger partial charge in [-0.25, -0.2) is 0 Å². The van der Waals surface area contributed by atoms with E-state index in [0.717, 1.165) is 48.4 Å². The van der Waals surface area contributed by atoms with Crippen LogP contribution < -0.4 is 15.4 Å². The number of piperidine rings is 1. The summed E-state index contributed by atoms with van der Waals surface area (Å²) in [6.45, 7) is 4.68. The number of nitrogens with one attached hydrogen (secondary N) is 2. The third-order valence-electron chi connectivity index (χ3n) is 4.47. The van der Waals surface area contributed by atoms with E-state index in [-0.39, 0.29) is 12.4 Å². The molecule has 0 amide bonds. The average Bonchev–Trinajstić information content (AvgIpc) is 2.63. The second kappa shape index (κ2) is 10.7. The standard InChI is InChI=1S/C20H25ClN2O.ClH/c21-19-6-7-20(24-15-17-4-2-1-3-5-17)18(12-19)14-23-13-16-8-10-22-11-9-16;/h1-7,12,16,22-23H,8-11,13-15H2;1H. The maximum absolute atomic E-state index is 6.17. The summed E-state index contributed by atoms with van der Waals surface area (Å²) in [4.78, 5) is 0. The first-order valence-corrected chi connectivity index (χ1v) is 9.05. The molecule has 1 saturated heterocycles. The molecular weight excluding hydrogens is 355 g/mol. The minimum Gasteiger partial charge on any atom is -0.489 e.